The van der Waals surface area contributed by atoms with E-state index in [-0.39, 0.29) is 11.7 Å². The van der Waals surface area contributed by atoms with Crippen molar-refractivity contribution in [2.45, 2.75) is 0 Å². The number of halogens is 1. The van der Waals surface area contributed by atoms with Gasteiger partial charge in [-0.15, -0.1) is 11.3 Å². The van der Waals surface area contributed by atoms with Gasteiger partial charge in [0, 0.05) is 35.4 Å². The number of thiazole rings is 1. The minimum absolute atomic E-state index is 0.292. The number of anilines is 1. The molecule has 0 aliphatic heterocycles. The Balaban J connectivity index is 1.32. The molecule has 5 rings (SSSR count). The maximum Gasteiger partial charge on any atom is 0.267 e. The lowest BCUT2D eigenvalue weighted by molar-refractivity contribution is 0.103. The van der Waals surface area contributed by atoms with Crippen LogP contribution in [0.2, 0.25) is 0 Å². The average molecular weight is 415 g/mol. The van der Waals surface area contributed by atoms with Crippen LogP contribution < -0.4 is 5.32 Å². The van der Waals surface area contributed by atoms with Crippen molar-refractivity contribution in [2.75, 3.05) is 5.32 Å². The molecule has 0 fully saturated rings. The van der Waals surface area contributed by atoms with Crippen LogP contribution in [-0.4, -0.2) is 25.3 Å². The monoisotopic (exact) mass is 415 g/mol. The van der Waals surface area contributed by atoms with Crippen LogP contribution in [0.4, 0.5) is 10.1 Å². The van der Waals surface area contributed by atoms with Crippen LogP contribution in [0.5, 0.6) is 0 Å². The van der Waals surface area contributed by atoms with Gasteiger partial charge >= 0.3 is 0 Å². The number of benzene rings is 2. The van der Waals surface area contributed by atoms with Gasteiger partial charge in [0.15, 0.2) is 0 Å². The SMILES string of the molecule is O=C(Nc1ccc(-c2cn3cccnc3n2)cc1)c1cnc(-c2ccccc2F)s1. The standard InChI is InChI=1S/C22H14FN5OS/c23-17-5-2-1-4-16(17)21-25-12-19(30-21)20(29)26-15-8-6-14(7-9-15)18-13-28-11-3-10-24-22(28)27-18/h1-13H,(H,26,29). The summed E-state index contributed by atoms with van der Waals surface area (Å²) < 4.78 is 15.8. The van der Waals surface area contributed by atoms with Crippen LogP contribution in [0.3, 0.4) is 0 Å². The first kappa shape index (κ1) is 18.1. The van der Waals surface area contributed by atoms with E-state index >= 15 is 0 Å². The second-order valence-electron chi connectivity index (χ2n) is 6.49. The summed E-state index contributed by atoms with van der Waals surface area (Å²) in [5.41, 5.74) is 2.74. The molecule has 1 amide bonds. The molecule has 3 heterocycles. The summed E-state index contributed by atoms with van der Waals surface area (Å²) in [5.74, 6) is -0.0305. The van der Waals surface area contributed by atoms with Crippen molar-refractivity contribution in [2.24, 2.45) is 0 Å². The molecule has 1 N–H and O–H groups in total. The van der Waals surface area contributed by atoms with Gasteiger partial charge in [-0.1, -0.05) is 24.3 Å². The number of nitrogens with zero attached hydrogens (tertiary/aromatic N) is 4. The Morgan fingerprint density at radius 2 is 1.87 bits per heavy atom. The van der Waals surface area contributed by atoms with E-state index in [2.05, 4.69) is 20.3 Å². The predicted octanol–water partition coefficient (Wildman–Crippen LogP) is 4.91. The third-order valence-corrected chi connectivity index (χ3v) is 5.54. The second kappa shape index (κ2) is 7.49. The quantitative estimate of drug-likeness (QED) is 0.453. The zero-order chi connectivity index (χ0) is 20.5. The van der Waals surface area contributed by atoms with Crippen molar-refractivity contribution in [3.63, 3.8) is 0 Å². The fourth-order valence-electron chi connectivity index (χ4n) is 3.02. The molecule has 8 heteroatoms. The summed E-state index contributed by atoms with van der Waals surface area (Å²) >= 11 is 1.15. The van der Waals surface area contributed by atoms with Crippen LogP contribution in [0.15, 0.2) is 79.4 Å². The first-order valence-corrected chi connectivity index (χ1v) is 9.91. The lowest BCUT2D eigenvalue weighted by Crippen LogP contribution is -2.09. The molecule has 3 aromatic heterocycles. The number of carbonyl (C=O) groups excluding carboxylic acids is 1. The highest BCUT2D eigenvalue weighted by atomic mass is 32.1. The topological polar surface area (TPSA) is 72.2 Å². The summed E-state index contributed by atoms with van der Waals surface area (Å²) in [6.07, 6.45) is 6.94. The van der Waals surface area contributed by atoms with E-state index in [4.69, 9.17) is 0 Å². The number of carbonyl (C=O) groups is 1. The van der Waals surface area contributed by atoms with Gasteiger partial charge in [-0.2, -0.15) is 0 Å². The highest BCUT2D eigenvalue weighted by molar-refractivity contribution is 7.17. The Hall–Kier alpha value is -3.91. The summed E-state index contributed by atoms with van der Waals surface area (Å²) in [4.78, 5) is 25.9. The van der Waals surface area contributed by atoms with Crippen molar-refractivity contribution in [1.82, 2.24) is 19.4 Å². The van der Waals surface area contributed by atoms with Crippen molar-refractivity contribution in [3.05, 3.63) is 90.1 Å². The number of nitrogens with one attached hydrogen (secondary N) is 1. The van der Waals surface area contributed by atoms with Crippen LogP contribution in [0.1, 0.15) is 9.67 Å². The largest absolute Gasteiger partial charge is 0.321 e. The molecule has 0 unspecified atom stereocenters. The minimum Gasteiger partial charge on any atom is -0.321 e. The molecular formula is C22H14FN5OS. The van der Waals surface area contributed by atoms with E-state index in [1.807, 2.05) is 47.1 Å². The molecule has 5 aromatic rings. The van der Waals surface area contributed by atoms with Crippen LogP contribution >= 0.6 is 11.3 Å². The maximum atomic E-state index is 13.9. The summed E-state index contributed by atoms with van der Waals surface area (Å²) in [5, 5.41) is 3.31. The first-order chi connectivity index (χ1) is 14.7. The molecule has 6 nitrogen and oxygen atoms in total. The van der Waals surface area contributed by atoms with Gasteiger partial charge in [-0.25, -0.2) is 19.3 Å². The molecule has 2 aromatic carbocycles. The number of aromatic nitrogens is 4. The molecule has 0 bridgehead atoms. The van der Waals surface area contributed by atoms with Crippen molar-refractivity contribution >= 4 is 28.7 Å². The highest BCUT2D eigenvalue weighted by Crippen LogP contribution is 2.28. The zero-order valence-corrected chi connectivity index (χ0v) is 16.3. The minimum atomic E-state index is -0.364. The molecule has 146 valence electrons. The Bertz CT molecular complexity index is 1330. The molecule has 0 saturated carbocycles. The average Bonchev–Trinajstić information content (AvgIpc) is 3.42. The Morgan fingerprint density at radius 1 is 1.03 bits per heavy atom. The van der Waals surface area contributed by atoms with E-state index in [0.29, 0.717) is 26.9 Å². The molecule has 0 saturated heterocycles. The number of hydrogen-bond acceptors (Lipinski definition) is 5. The van der Waals surface area contributed by atoms with Gasteiger partial charge in [-0.3, -0.25) is 9.20 Å². The van der Waals surface area contributed by atoms with Gasteiger partial charge in [0.1, 0.15) is 15.7 Å². The van der Waals surface area contributed by atoms with E-state index in [1.165, 1.54) is 12.3 Å². The Kier molecular flexibility index (Phi) is 4.53. The van der Waals surface area contributed by atoms with Gasteiger partial charge in [0.05, 0.1) is 11.9 Å². The molecule has 0 aliphatic rings. The fraction of sp³-hybridized carbons (Fsp3) is 0. The predicted molar refractivity (Wildman–Crippen MR) is 114 cm³/mol. The third kappa shape index (κ3) is 3.44. The zero-order valence-electron chi connectivity index (χ0n) is 15.5. The molecule has 30 heavy (non-hydrogen) atoms. The fourth-order valence-corrected chi connectivity index (χ4v) is 3.86. The smallest absolute Gasteiger partial charge is 0.267 e. The van der Waals surface area contributed by atoms with Crippen molar-refractivity contribution < 1.29 is 9.18 Å². The molecule has 0 atom stereocenters. The highest BCUT2D eigenvalue weighted by Gasteiger charge is 2.14. The van der Waals surface area contributed by atoms with Crippen molar-refractivity contribution in [3.8, 4) is 21.8 Å². The van der Waals surface area contributed by atoms with Gasteiger partial charge in [-0.05, 0) is 30.3 Å². The van der Waals surface area contributed by atoms with Crippen molar-refractivity contribution in [1.29, 1.82) is 0 Å². The van der Waals surface area contributed by atoms with Gasteiger partial charge in [0.25, 0.3) is 5.91 Å². The Labute approximate surface area is 174 Å². The van der Waals surface area contributed by atoms with Crippen LogP contribution in [0.25, 0.3) is 27.6 Å². The number of fused-ring (bicyclic) bond motifs is 1. The molecule has 0 radical (unpaired) electrons. The third-order valence-electron chi connectivity index (χ3n) is 4.51. The number of amides is 1. The molecular weight excluding hydrogens is 401 g/mol. The normalized spacial score (nSPS) is 11.0. The van der Waals surface area contributed by atoms with Crippen LogP contribution in [-0.2, 0) is 0 Å². The van der Waals surface area contributed by atoms with Crippen LogP contribution in [0, 0.1) is 5.82 Å². The number of imidazole rings is 1. The molecule has 0 aliphatic carbocycles. The lowest BCUT2D eigenvalue weighted by atomic mass is 10.1. The number of hydrogen-bond donors (Lipinski definition) is 1. The molecule has 0 spiro atoms. The summed E-state index contributed by atoms with van der Waals surface area (Å²) in [6, 6.07) is 15.6. The maximum absolute atomic E-state index is 13.9. The number of rotatable bonds is 4. The summed E-state index contributed by atoms with van der Waals surface area (Å²) in [7, 11) is 0. The Morgan fingerprint density at radius 3 is 2.67 bits per heavy atom. The van der Waals surface area contributed by atoms with Gasteiger partial charge in [0.2, 0.25) is 5.78 Å². The lowest BCUT2D eigenvalue weighted by Gasteiger charge is -2.04. The van der Waals surface area contributed by atoms with E-state index in [9.17, 15) is 9.18 Å². The summed E-state index contributed by atoms with van der Waals surface area (Å²) in [6.45, 7) is 0. The van der Waals surface area contributed by atoms with Gasteiger partial charge < -0.3 is 5.32 Å². The first-order valence-electron chi connectivity index (χ1n) is 9.09. The van der Waals surface area contributed by atoms with E-state index in [1.54, 1.807) is 24.4 Å². The second-order valence-corrected chi connectivity index (χ2v) is 7.52. The van der Waals surface area contributed by atoms with E-state index in [0.717, 1.165) is 22.6 Å². The van der Waals surface area contributed by atoms with E-state index < -0.39 is 0 Å².